The van der Waals surface area contributed by atoms with E-state index in [4.69, 9.17) is 207 Å². The van der Waals surface area contributed by atoms with Gasteiger partial charge in [-0.25, -0.2) is 73.0 Å². The second-order valence-electron chi connectivity index (χ2n) is 31.5. The van der Waals surface area contributed by atoms with Gasteiger partial charge in [0.1, 0.15) is 109 Å². The highest BCUT2D eigenvalue weighted by atomic mass is 32.5. The van der Waals surface area contributed by atoms with Crippen molar-refractivity contribution in [3.63, 3.8) is 0 Å². The molecule has 21 rings (SSSR count). The number of imidazole rings is 6. The molecule has 9 saturated heterocycles. The van der Waals surface area contributed by atoms with E-state index in [2.05, 4.69) is 107 Å². The van der Waals surface area contributed by atoms with E-state index >= 15 is 13.2 Å². The van der Waals surface area contributed by atoms with E-state index in [1.165, 1.54) is 51.7 Å². The molecule has 21 heterocycles. The van der Waals surface area contributed by atoms with Crippen LogP contribution in [-0.2, 0) is 154 Å². The summed E-state index contributed by atoms with van der Waals surface area (Å²) in [6, 6.07) is 0. The van der Waals surface area contributed by atoms with Crippen LogP contribution in [0.4, 0.5) is 48.5 Å². The molecule has 12 aromatic rings. The number of aliphatic hydroxyl groups excluding tert-OH is 3. The minimum atomic E-state index is -4.46. The molecule has 750 valence electrons. The van der Waals surface area contributed by atoms with E-state index in [9.17, 15) is 59.1 Å². The molecule has 12 aromatic heterocycles. The van der Waals surface area contributed by atoms with E-state index in [-0.39, 0.29) is 102 Å². The lowest BCUT2D eigenvalue weighted by molar-refractivity contribution is -0.0912. The zero-order valence-corrected chi connectivity index (χ0v) is 80.3. The number of alkyl halides is 3. The summed E-state index contributed by atoms with van der Waals surface area (Å²) < 4.78 is 158. The number of hydrogen-bond acceptors (Lipinski definition) is 51. The summed E-state index contributed by atoms with van der Waals surface area (Å²) in [5.41, 5.74) is 26.6. The summed E-state index contributed by atoms with van der Waals surface area (Å²) in [7, 11) is 0. The third-order valence-corrected chi connectivity index (χ3v) is 32.1. The van der Waals surface area contributed by atoms with Crippen molar-refractivity contribution in [3.8, 4) is 37.0 Å². The highest BCUT2D eigenvalue weighted by Crippen LogP contribution is 2.62. The van der Waals surface area contributed by atoms with Gasteiger partial charge in [0.15, 0.2) is 141 Å². The number of fused-ring (bicyclic) bond motifs is 15. The largest absolute Gasteiger partial charge is 0.385 e. The lowest BCUT2D eigenvalue weighted by Gasteiger charge is -2.33. The number of aliphatic hydroxyl groups is 3. The van der Waals surface area contributed by atoms with Crippen LogP contribution in [0, 0.1) is 37.0 Å². The van der Waals surface area contributed by atoms with E-state index < -0.39 is 243 Å². The first-order chi connectivity index (χ1) is 66.7. The molecule has 0 aromatic carbocycles. The summed E-state index contributed by atoms with van der Waals surface area (Å²) >= 11 is 31.3. The molecule has 75 heteroatoms. The number of ether oxygens (including phenoxy) is 6. The predicted molar refractivity (Wildman–Crippen MR) is 490 cm³/mol. The zero-order chi connectivity index (χ0) is 100. The fourth-order valence-corrected chi connectivity index (χ4v) is 24.9. The number of anilines is 6. The Morgan fingerprint density at radius 1 is 0.355 bits per heavy atom. The van der Waals surface area contributed by atoms with E-state index in [0.717, 1.165) is 32.7 Å². The molecule has 6 bridgehead atoms. The topological polar surface area (TPSA) is 826 Å². The maximum absolute atomic E-state index is 16.0. The summed E-state index contributed by atoms with van der Waals surface area (Å²) in [6.45, 7) is -31.2. The maximum Gasteiger partial charge on any atom is 0.325 e. The van der Waals surface area contributed by atoms with E-state index in [1.54, 1.807) is 0 Å². The highest BCUT2D eigenvalue weighted by molar-refractivity contribution is 8.08. The minimum Gasteiger partial charge on any atom is -0.385 e. The van der Waals surface area contributed by atoms with Gasteiger partial charge in [0.05, 0.1) is 77.6 Å². The summed E-state index contributed by atoms with van der Waals surface area (Å²) in [5, 5.41) is 34.4. The Kier molecular flexibility index (Phi) is 26.6. The van der Waals surface area contributed by atoms with Gasteiger partial charge in [-0.3, -0.25) is 83.9 Å². The van der Waals surface area contributed by atoms with Gasteiger partial charge in [0, 0.05) is 0 Å². The average molecular weight is 2200 g/mol. The van der Waals surface area contributed by atoms with Crippen LogP contribution in [0.5, 0.6) is 0 Å². The second-order valence-corrected chi connectivity index (χ2v) is 48.3. The third kappa shape index (κ3) is 18.6. The Bertz CT molecular complexity index is 6980. The molecular formula is C66H69F3N30O30P6S6. The van der Waals surface area contributed by atoms with Crippen LogP contribution in [-0.4, -0.2) is 310 Å². The summed E-state index contributed by atoms with van der Waals surface area (Å²) in [4.78, 5) is 171. The number of nitrogens with zero attached hydrogens (tertiary/aromatic N) is 21. The number of aromatic nitrogens is 24. The Labute approximate surface area is 811 Å². The van der Waals surface area contributed by atoms with Gasteiger partial charge in [-0.1, -0.05) is 17.8 Å². The number of terminal acetylenes is 3. The number of hydrogen-bond donors (Lipinski definition) is 18. The Morgan fingerprint density at radius 3 is 0.837 bits per heavy atom. The Morgan fingerprint density at radius 2 is 0.589 bits per heavy atom. The fourth-order valence-electron chi connectivity index (χ4n) is 16.4. The lowest BCUT2D eigenvalue weighted by atomic mass is 9.97. The molecule has 0 amide bonds. The number of halogens is 3. The van der Waals surface area contributed by atoms with Crippen LogP contribution in [0.1, 0.15) is 37.4 Å². The molecule has 9 aliphatic rings. The van der Waals surface area contributed by atoms with Gasteiger partial charge >= 0.3 is 40.3 Å². The normalized spacial score (nSPS) is 38.0. The molecule has 0 aliphatic carbocycles. The smallest absolute Gasteiger partial charge is 0.325 e. The highest BCUT2D eigenvalue weighted by Gasteiger charge is 2.64. The van der Waals surface area contributed by atoms with E-state index in [0.29, 0.717) is 0 Å². The molecule has 141 heavy (non-hydrogen) atoms. The molecule has 0 saturated carbocycles. The Balaban J connectivity index is 0.000000134. The molecule has 6 unspecified atom stereocenters. The van der Waals surface area contributed by atoms with Crippen molar-refractivity contribution in [2.45, 2.75) is 146 Å². The quantitative estimate of drug-likeness (QED) is 0.0570. The molecule has 60 nitrogen and oxygen atoms in total. The number of nitrogens with two attached hydrogens (primary N) is 6. The first-order valence-electron chi connectivity index (χ1n) is 40.0. The monoisotopic (exact) mass is 2200 g/mol. The molecule has 9 fully saturated rings. The number of nitrogen functional groups attached to an aromatic ring is 6. The second kappa shape index (κ2) is 37.4. The van der Waals surface area contributed by atoms with E-state index in [1.807, 2.05) is 0 Å². The average Bonchev–Trinajstić information content (AvgIpc) is 1.58. The Hall–Kier alpha value is -9.21. The molecular weight excluding hydrogens is 2130 g/mol. The van der Waals surface area contributed by atoms with Crippen LogP contribution in [0.3, 0.4) is 0 Å². The molecule has 24 N–H and O–H groups in total. The predicted octanol–water partition coefficient (Wildman–Crippen LogP) is -3.38. The maximum atomic E-state index is 16.0. The van der Waals surface area contributed by atoms with Crippen molar-refractivity contribution in [1.29, 1.82) is 0 Å². The van der Waals surface area contributed by atoms with Crippen LogP contribution in [0.15, 0.2) is 71.3 Å². The van der Waals surface area contributed by atoms with Crippen molar-refractivity contribution >= 4 is 213 Å². The van der Waals surface area contributed by atoms with Gasteiger partial charge in [-0.2, -0.15) is 15.0 Å². The number of aromatic amines is 3. The lowest BCUT2D eigenvalue weighted by Crippen LogP contribution is -2.47. The number of nitrogens with one attached hydrogen (secondary N) is 3. The minimum absolute atomic E-state index is 0.0449. The van der Waals surface area contributed by atoms with Gasteiger partial charge < -0.3 is 135 Å². The standard InChI is InChI=1S/3C22H23FN10O10P2S2/c3*1-2-22-4-39-45(37,47)42-13-9(23)8(40-20(13)33-7-29-11-17(33)30-21(25)31-18(11)35)3-38-44(36,46)43-14(22)12(34)19(41-22)32-6-28-10-15(24)26-5-27-16(10)32/h3*1,5-9,12-14,19-20,34H,3-4H2,(H,36,46)(H,37,47)(H2,24,26,27)(H3,25,30,31,35)/t2*8-,9+,12-,13-,14+,19-,20-,22-,44?,45?;8-,9-,12-,13-,14+,19-,20-,22-,44?,45?/m111/s1. The third-order valence-electron chi connectivity index (χ3n) is 22.9. The van der Waals surface area contributed by atoms with Crippen molar-refractivity contribution in [2.24, 2.45) is 0 Å². The van der Waals surface area contributed by atoms with Gasteiger partial charge in [-0.05, 0) is 70.8 Å². The first-order valence-corrected chi connectivity index (χ1v) is 55.5. The van der Waals surface area contributed by atoms with Crippen LogP contribution >= 0.6 is 40.3 Å². The fraction of sp³-hybridized carbons (Fsp3) is 0.455. The van der Waals surface area contributed by atoms with Crippen molar-refractivity contribution < 1.29 is 141 Å². The van der Waals surface area contributed by atoms with Crippen molar-refractivity contribution in [3.05, 3.63) is 88.0 Å². The molecule has 0 radical (unpaired) electrons. The zero-order valence-electron chi connectivity index (χ0n) is 70.0. The molecule has 30 atom stereocenters. The summed E-state index contributed by atoms with van der Waals surface area (Å²) in [6.07, 6.45) is -6.45. The van der Waals surface area contributed by atoms with Gasteiger partial charge in [0.25, 0.3) is 16.7 Å². The van der Waals surface area contributed by atoms with Crippen molar-refractivity contribution in [1.82, 2.24) is 117 Å². The summed E-state index contributed by atoms with van der Waals surface area (Å²) in [5.74, 6) is 6.33. The van der Waals surface area contributed by atoms with Gasteiger partial charge in [0.2, 0.25) is 17.8 Å². The van der Waals surface area contributed by atoms with Gasteiger partial charge in [-0.15, -0.1) is 19.3 Å². The number of rotatable bonds is 6. The van der Waals surface area contributed by atoms with Crippen molar-refractivity contribution in [2.75, 3.05) is 74.0 Å². The SMILES string of the molecule is C#C[C@@]12COP(O)(=S)O[C@@H]3[C@@H](F)[C@@H](COP(O)(=S)O[C@H]1[C@@H](O)[C@H](n1cnc4c(N)ncnc41)O2)O[C@H]3n1cnc2c(=O)[nH]c(N)nc21.C#C[C@@]12COP(O)(=S)O[C@@H]3[C@@H](F)[C@@H](COP(O)(=S)O[C@H]1[C@@H](O)[C@H](n1cnc4c(N)ncnc41)O2)O[C@H]3n1cnc2c(=O)[nH]c(N)nc21.C#C[C@@]12COP(O)(=S)O[C@@H]3[C@H](F)[C@@H](COP(O)(=S)O[C@H]1[C@@H](O)[C@H](n1cnc4c(N)ncnc41)O2)O[C@H]3n1cnc2c(=O)[nH]c(N)nc21. The van der Waals surface area contributed by atoms with Crippen LogP contribution in [0.2, 0.25) is 0 Å². The number of H-pyrrole nitrogens is 3. The first kappa shape index (κ1) is 100. The van der Waals surface area contributed by atoms with Crippen LogP contribution < -0.4 is 51.1 Å². The van der Waals surface area contributed by atoms with Crippen LogP contribution in [0.25, 0.3) is 67.0 Å². The molecule has 9 aliphatic heterocycles. The molecule has 0 spiro atoms.